The number of nitrogens with one attached hydrogen (secondary N) is 2. The average molecular weight is 362 g/mol. The Morgan fingerprint density at radius 1 is 1.04 bits per heavy atom. The van der Waals surface area contributed by atoms with Crippen LogP contribution in [0.3, 0.4) is 0 Å². The fraction of sp³-hybridized carbons (Fsp3) is 0.278. The highest BCUT2D eigenvalue weighted by molar-refractivity contribution is 7.89. The zero-order valence-electron chi connectivity index (χ0n) is 14.7. The Morgan fingerprint density at radius 3 is 2.28 bits per heavy atom. The number of amides is 1. The zero-order valence-corrected chi connectivity index (χ0v) is 15.5. The first-order valence-electron chi connectivity index (χ1n) is 7.85. The molecule has 0 heterocycles. The van der Waals surface area contributed by atoms with E-state index in [4.69, 9.17) is 4.74 Å². The number of sulfonamides is 1. The highest BCUT2D eigenvalue weighted by atomic mass is 32.2. The van der Waals surface area contributed by atoms with Gasteiger partial charge in [-0.1, -0.05) is 12.1 Å². The van der Waals surface area contributed by atoms with Gasteiger partial charge in [-0.2, -0.15) is 0 Å². The molecule has 2 aromatic rings. The van der Waals surface area contributed by atoms with E-state index in [1.165, 1.54) is 0 Å². The van der Waals surface area contributed by atoms with E-state index in [1.54, 1.807) is 50.2 Å². The maximum absolute atomic E-state index is 12.4. The Labute approximate surface area is 148 Å². The number of hydrogen-bond acceptors (Lipinski definition) is 4. The van der Waals surface area contributed by atoms with Gasteiger partial charge in [0.1, 0.15) is 5.75 Å². The number of carbonyl (C=O) groups excluding carboxylic acids is 1. The standard InChI is InChI=1S/C18H22N2O4S/c1-12(2)24-16-9-7-15(8-10-16)18(21)19-20-25(22,23)17-11-13(3)5-6-14(17)4/h5-12,20H,1-4H3,(H,19,21). The van der Waals surface area contributed by atoms with Crippen LogP contribution < -0.4 is 15.0 Å². The van der Waals surface area contributed by atoms with Crippen molar-refractivity contribution in [2.24, 2.45) is 0 Å². The molecule has 2 rings (SSSR count). The van der Waals surface area contributed by atoms with Crippen molar-refractivity contribution in [2.45, 2.75) is 38.7 Å². The van der Waals surface area contributed by atoms with Gasteiger partial charge in [0, 0.05) is 5.56 Å². The fourth-order valence-corrected chi connectivity index (χ4v) is 3.36. The quantitative estimate of drug-likeness (QED) is 0.774. The maximum Gasteiger partial charge on any atom is 0.266 e. The van der Waals surface area contributed by atoms with Crippen LogP contribution >= 0.6 is 0 Å². The molecule has 0 saturated carbocycles. The van der Waals surface area contributed by atoms with Crippen molar-refractivity contribution < 1.29 is 17.9 Å². The highest BCUT2D eigenvalue weighted by Crippen LogP contribution is 2.16. The third kappa shape index (κ3) is 5.04. The number of benzene rings is 2. The molecule has 2 N–H and O–H groups in total. The molecule has 0 radical (unpaired) electrons. The Balaban J connectivity index is 2.07. The van der Waals surface area contributed by atoms with Gasteiger partial charge in [-0.25, -0.2) is 8.42 Å². The lowest BCUT2D eigenvalue weighted by Gasteiger charge is -2.12. The van der Waals surface area contributed by atoms with Crippen molar-refractivity contribution in [3.8, 4) is 5.75 Å². The lowest BCUT2D eigenvalue weighted by molar-refractivity contribution is 0.0945. The SMILES string of the molecule is Cc1ccc(C)c(S(=O)(=O)NNC(=O)c2ccc(OC(C)C)cc2)c1. The summed E-state index contributed by atoms with van der Waals surface area (Å²) in [6.07, 6.45) is 0.0315. The van der Waals surface area contributed by atoms with Crippen LogP contribution in [0.25, 0.3) is 0 Å². The van der Waals surface area contributed by atoms with E-state index < -0.39 is 15.9 Å². The van der Waals surface area contributed by atoms with E-state index in [0.29, 0.717) is 16.9 Å². The Kier molecular flexibility index (Phi) is 5.81. The van der Waals surface area contributed by atoms with Gasteiger partial charge in [0.2, 0.25) is 0 Å². The van der Waals surface area contributed by atoms with Gasteiger partial charge < -0.3 is 4.74 Å². The molecule has 1 amide bonds. The molecule has 7 heteroatoms. The fourth-order valence-electron chi connectivity index (χ4n) is 2.19. The van der Waals surface area contributed by atoms with E-state index in [1.807, 2.05) is 19.9 Å². The minimum absolute atomic E-state index is 0.0315. The molecular formula is C18H22N2O4S. The summed E-state index contributed by atoms with van der Waals surface area (Å²) in [6.45, 7) is 7.31. The van der Waals surface area contributed by atoms with E-state index >= 15 is 0 Å². The van der Waals surface area contributed by atoms with Crippen LogP contribution in [0.15, 0.2) is 47.4 Å². The molecule has 0 aliphatic carbocycles. The predicted octanol–water partition coefficient (Wildman–Crippen LogP) is 2.71. The molecule has 25 heavy (non-hydrogen) atoms. The van der Waals surface area contributed by atoms with Gasteiger partial charge in [-0.05, 0) is 69.2 Å². The monoisotopic (exact) mass is 362 g/mol. The molecule has 0 aliphatic rings. The first-order chi connectivity index (χ1) is 11.7. The van der Waals surface area contributed by atoms with Crippen LogP contribution in [0.1, 0.15) is 35.3 Å². The molecule has 0 atom stereocenters. The van der Waals surface area contributed by atoms with Crippen molar-refractivity contribution in [3.63, 3.8) is 0 Å². The minimum Gasteiger partial charge on any atom is -0.491 e. The van der Waals surface area contributed by atoms with E-state index in [2.05, 4.69) is 10.3 Å². The number of hydrogen-bond donors (Lipinski definition) is 2. The molecule has 0 aromatic heterocycles. The lowest BCUT2D eigenvalue weighted by Crippen LogP contribution is -2.41. The van der Waals surface area contributed by atoms with Crippen molar-refractivity contribution in [1.82, 2.24) is 10.3 Å². The lowest BCUT2D eigenvalue weighted by atomic mass is 10.2. The highest BCUT2D eigenvalue weighted by Gasteiger charge is 2.18. The molecule has 0 bridgehead atoms. The third-order valence-electron chi connectivity index (χ3n) is 3.42. The van der Waals surface area contributed by atoms with Gasteiger partial charge in [0.05, 0.1) is 11.0 Å². The van der Waals surface area contributed by atoms with Gasteiger partial charge in [-0.3, -0.25) is 10.2 Å². The van der Waals surface area contributed by atoms with E-state index in [9.17, 15) is 13.2 Å². The number of ether oxygens (including phenoxy) is 1. The first kappa shape index (κ1) is 19.0. The van der Waals surface area contributed by atoms with Gasteiger partial charge in [-0.15, -0.1) is 4.83 Å². The van der Waals surface area contributed by atoms with Crippen LogP contribution in [0, 0.1) is 13.8 Å². The normalized spacial score (nSPS) is 11.4. The second kappa shape index (κ2) is 7.67. The molecule has 0 aliphatic heterocycles. The van der Waals surface area contributed by atoms with Crippen molar-refractivity contribution >= 4 is 15.9 Å². The second-order valence-electron chi connectivity index (χ2n) is 6.02. The zero-order chi connectivity index (χ0) is 18.6. The van der Waals surface area contributed by atoms with E-state index in [-0.39, 0.29) is 11.0 Å². The summed E-state index contributed by atoms with van der Waals surface area (Å²) in [5.41, 5.74) is 3.96. The Bertz CT molecular complexity index is 859. The first-order valence-corrected chi connectivity index (χ1v) is 9.33. The Morgan fingerprint density at radius 2 is 1.68 bits per heavy atom. The summed E-state index contributed by atoms with van der Waals surface area (Å²) in [4.78, 5) is 14.4. The van der Waals surface area contributed by atoms with Crippen LogP contribution in [-0.4, -0.2) is 20.4 Å². The van der Waals surface area contributed by atoms with Gasteiger partial charge in [0.25, 0.3) is 15.9 Å². The largest absolute Gasteiger partial charge is 0.491 e. The summed E-state index contributed by atoms with van der Waals surface area (Å²) >= 11 is 0. The maximum atomic E-state index is 12.4. The molecule has 2 aromatic carbocycles. The second-order valence-corrected chi connectivity index (χ2v) is 7.67. The molecule has 0 unspecified atom stereocenters. The number of carbonyl (C=O) groups is 1. The summed E-state index contributed by atoms with van der Waals surface area (Å²) in [6, 6.07) is 11.6. The number of aryl methyl sites for hydroxylation is 2. The minimum atomic E-state index is -3.85. The molecule has 6 nitrogen and oxygen atoms in total. The van der Waals surface area contributed by atoms with Crippen molar-refractivity contribution in [1.29, 1.82) is 0 Å². The topological polar surface area (TPSA) is 84.5 Å². The van der Waals surface area contributed by atoms with Crippen LogP contribution in [0.2, 0.25) is 0 Å². The molecular weight excluding hydrogens is 340 g/mol. The van der Waals surface area contributed by atoms with Crippen molar-refractivity contribution in [3.05, 3.63) is 59.2 Å². The van der Waals surface area contributed by atoms with E-state index in [0.717, 1.165) is 5.56 Å². The van der Waals surface area contributed by atoms with Crippen molar-refractivity contribution in [2.75, 3.05) is 0 Å². The molecule has 0 fully saturated rings. The molecule has 0 spiro atoms. The van der Waals surface area contributed by atoms with Crippen LogP contribution in [0.5, 0.6) is 5.75 Å². The summed E-state index contributed by atoms with van der Waals surface area (Å²) in [7, 11) is -3.85. The summed E-state index contributed by atoms with van der Waals surface area (Å²) < 4.78 is 30.2. The molecule has 134 valence electrons. The van der Waals surface area contributed by atoms with Crippen LogP contribution in [-0.2, 0) is 10.0 Å². The number of rotatable bonds is 6. The Hall–Kier alpha value is -2.38. The summed E-state index contributed by atoms with van der Waals surface area (Å²) in [5, 5.41) is 0. The average Bonchev–Trinajstić information content (AvgIpc) is 2.55. The summed E-state index contributed by atoms with van der Waals surface area (Å²) in [5.74, 6) is 0.0903. The smallest absolute Gasteiger partial charge is 0.266 e. The predicted molar refractivity (Wildman–Crippen MR) is 95.9 cm³/mol. The number of hydrazine groups is 1. The van der Waals surface area contributed by atoms with Gasteiger partial charge in [0.15, 0.2) is 0 Å². The van der Waals surface area contributed by atoms with Gasteiger partial charge >= 0.3 is 0 Å². The molecule has 0 saturated heterocycles. The van der Waals surface area contributed by atoms with Crippen LogP contribution in [0.4, 0.5) is 0 Å². The third-order valence-corrected chi connectivity index (χ3v) is 4.81.